The lowest BCUT2D eigenvalue weighted by Crippen LogP contribution is -2.45. The van der Waals surface area contributed by atoms with Crippen LogP contribution in [0.1, 0.15) is 51.5 Å². The third-order valence-electron chi connectivity index (χ3n) is 3.84. The summed E-state index contributed by atoms with van der Waals surface area (Å²) in [4.78, 5) is 23.6. The highest BCUT2D eigenvalue weighted by Crippen LogP contribution is 2.23. The summed E-state index contributed by atoms with van der Waals surface area (Å²) in [5.74, 6) is -1.49. The molecule has 0 bridgehead atoms. The van der Waals surface area contributed by atoms with Gasteiger partial charge in [-0.25, -0.2) is 4.79 Å². The first kappa shape index (κ1) is 19.2. The fraction of sp³-hybridized carbons (Fsp3) is 0.556. The van der Waals surface area contributed by atoms with Gasteiger partial charge in [0.25, 0.3) is 0 Å². The van der Waals surface area contributed by atoms with E-state index >= 15 is 0 Å². The number of carbonyl (C=O) groups is 2. The lowest BCUT2D eigenvalue weighted by atomic mass is 9.89. The molecule has 3 N–H and O–H groups in total. The number of hydrogen-bond donors (Lipinski definition) is 3. The molecule has 1 aromatic rings. The number of hydrogen-bond acceptors (Lipinski definition) is 3. The van der Waals surface area contributed by atoms with Crippen molar-refractivity contribution in [3.8, 4) is 0 Å². The van der Waals surface area contributed by atoms with Crippen molar-refractivity contribution < 1.29 is 19.8 Å². The van der Waals surface area contributed by atoms with Crippen molar-refractivity contribution in [1.82, 2.24) is 5.32 Å². The van der Waals surface area contributed by atoms with Crippen LogP contribution in [-0.2, 0) is 16.0 Å². The summed E-state index contributed by atoms with van der Waals surface area (Å²) in [6.45, 7) is 3.90. The van der Waals surface area contributed by atoms with Gasteiger partial charge in [0.1, 0.15) is 6.04 Å². The van der Waals surface area contributed by atoms with Gasteiger partial charge in [0.05, 0.1) is 12.0 Å². The molecule has 1 rings (SSSR count). The van der Waals surface area contributed by atoms with Crippen LogP contribution in [0.3, 0.4) is 0 Å². The molecule has 0 aliphatic carbocycles. The van der Waals surface area contributed by atoms with E-state index in [-0.39, 0.29) is 12.8 Å². The van der Waals surface area contributed by atoms with E-state index in [0.717, 1.165) is 18.4 Å². The largest absolute Gasteiger partial charge is 0.480 e. The lowest BCUT2D eigenvalue weighted by molar-refractivity contribution is -0.142. The van der Waals surface area contributed by atoms with Crippen LogP contribution in [0.5, 0.6) is 0 Å². The maximum Gasteiger partial charge on any atom is 0.326 e. The van der Waals surface area contributed by atoms with Gasteiger partial charge in [-0.05, 0) is 18.4 Å². The Morgan fingerprint density at radius 1 is 1.13 bits per heavy atom. The van der Waals surface area contributed by atoms with Crippen molar-refractivity contribution in [3.63, 3.8) is 0 Å². The number of rotatable bonds is 10. The zero-order valence-electron chi connectivity index (χ0n) is 13.9. The van der Waals surface area contributed by atoms with Crippen LogP contribution in [0.25, 0.3) is 0 Å². The predicted molar refractivity (Wildman–Crippen MR) is 89.1 cm³/mol. The second-order valence-electron chi connectivity index (χ2n) is 6.05. The summed E-state index contributed by atoms with van der Waals surface area (Å²) in [5, 5.41) is 22.4. The highest BCUT2D eigenvalue weighted by Gasteiger charge is 2.30. The average Bonchev–Trinajstić information content (AvgIpc) is 2.47. The van der Waals surface area contributed by atoms with Gasteiger partial charge >= 0.3 is 5.97 Å². The van der Waals surface area contributed by atoms with E-state index in [1.54, 1.807) is 0 Å². The molecular formula is C18H27NO4. The maximum atomic E-state index is 12.2. The van der Waals surface area contributed by atoms with E-state index in [9.17, 15) is 19.8 Å². The van der Waals surface area contributed by atoms with E-state index in [1.165, 1.54) is 0 Å². The number of aliphatic carboxylic acids is 1. The molecule has 1 aromatic carbocycles. The van der Waals surface area contributed by atoms with Crippen molar-refractivity contribution in [1.29, 1.82) is 0 Å². The quantitative estimate of drug-likeness (QED) is 0.618. The third-order valence-corrected chi connectivity index (χ3v) is 3.84. The third kappa shape index (κ3) is 6.82. The smallest absolute Gasteiger partial charge is 0.326 e. The van der Waals surface area contributed by atoms with Crippen LogP contribution < -0.4 is 5.32 Å². The van der Waals surface area contributed by atoms with Gasteiger partial charge < -0.3 is 15.5 Å². The number of carboxylic acids is 1. The number of carbonyl (C=O) groups excluding carboxylic acids is 1. The lowest BCUT2D eigenvalue weighted by Gasteiger charge is -2.27. The fourth-order valence-corrected chi connectivity index (χ4v) is 2.83. The number of aliphatic hydroxyl groups is 1. The Balaban J connectivity index is 2.68. The van der Waals surface area contributed by atoms with E-state index < -0.39 is 23.5 Å². The second kappa shape index (κ2) is 9.30. The minimum Gasteiger partial charge on any atom is -0.480 e. The summed E-state index contributed by atoms with van der Waals surface area (Å²) < 4.78 is 0. The molecule has 0 aliphatic heterocycles. The Bertz CT molecular complexity index is 495. The average molecular weight is 321 g/mol. The molecule has 23 heavy (non-hydrogen) atoms. The molecule has 5 heteroatoms. The monoisotopic (exact) mass is 321 g/mol. The second-order valence-corrected chi connectivity index (χ2v) is 6.05. The molecule has 0 saturated carbocycles. The molecular weight excluding hydrogens is 294 g/mol. The van der Waals surface area contributed by atoms with Crippen LogP contribution in [0.15, 0.2) is 30.3 Å². The molecule has 0 saturated heterocycles. The SMILES string of the molecule is CCCC(O)(CCC)CC(=O)NC(Cc1ccccc1)C(=O)O. The van der Waals surface area contributed by atoms with Crippen molar-refractivity contribution in [2.75, 3.05) is 0 Å². The Labute approximate surface area is 137 Å². The normalized spacial score (nSPS) is 12.7. The van der Waals surface area contributed by atoms with E-state index in [4.69, 9.17) is 0 Å². The van der Waals surface area contributed by atoms with Crippen LogP contribution >= 0.6 is 0 Å². The van der Waals surface area contributed by atoms with Gasteiger partial charge in [-0.15, -0.1) is 0 Å². The summed E-state index contributed by atoms with van der Waals surface area (Å²) in [7, 11) is 0. The Hall–Kier alpha value is -1.88. The summed E-state index contributed by atoms with van der Waals surface area (Å²) in [6.07, 6.45) is 2.77. The van der Waals surface area contributed by atoms with E-state index in [2.05, 4.69) is 5.32 Å². The molecule has 1 amide bonds. The van der Waals surface area contributed by atoms with Crippen LogP contribution in [0, 0.1) is 0 Å². The van der Waals surface area contributed by atoms with E-state index in [1.807, 2.05) is 44.2 Å². The Kier molecular flexibility index (Phi) is 7.75. The van der Waals surface area contributed by atoms with Gasteiger partial charge in [-0.2, -0.15) is 0 Å². The number of amides is 1. The van der Waals surface area contributed by atoms with Crippen molar-refractivity contribution >= 4 is 11.9 Å². The molecule has 0 aromatic heterocycles. The first-order valence-corrected chi connectivity index (χ1v) is 8.18. The Morgan fingerprint density at radius 2 is 1.70 bits per heavy atom. The first-order valence-electron chi connectivity index (χ1n) is 8.18. The molecule has 0 heterocycles. The van der Waals surface area contributed by atoms with Gasteiger partial charge in [0, 0.05) is 6.42 Å². The molecule has 0 aliphatic rings. The molecule has 1 unspecified atom stereocenters. The standard InChI is InChI=1S/C18H27NO4/c1-3-10-18(23,11-4-2)13-16(20)19-15(17(21)22)12-14-8-6-5-7-9-14/h5-9,15,23H,3-4,10-13H2,1-2H3,(H,19,20)(H,21,22). The minimum atomic E-state index is -1.07. The zero-order valence-corrected chi connectivity index (χ0v) is 13.9. The fourth-order valence-electron chi connectivity index (χ4n) is 2.83. The molecule has 5 nitrogen and oxygen atoms in total. The van der Waals surface area contributed by atoms with Gasteiger partial charge in [-0.1, -0.05) is 57.0 Å². The van der Waals surface area contributed by atoms with Crippen molar-refractivity contribution in [2.45, 2.75) is 64.0 Å². The maximum absolute atomic E-state index is 12.2. The number of benzene rings is 1. The van der Waals surface area contributed by atoms with Crippen molar-refractivity contribution in [2.24, 2.45) is 0 Å². The van der Waals surface area contributed by atoms with Gasteiger partial charge in [-0.3, -0.25) is 4.79 Å². The zero-order chi connectivity index (χ0) is 17.3. The molecule has 128 valence electrons. The summed E-state index contributed by atoms with van der Waals surface area (Å²) in [6, 6.07) is 8.18. The topological polar surface area (TPSA) is 86.6 Å². The minimum absolute atomic E-state index is 0.0623. The highest BCUT2D eigenvalue weighted by atomic mass is 16.4. The predicted octanol–water partition coefficient (Wildman–Crippen LogP) is 2.52. The number of nitrogens with one attached hydrogen (secondary N) is 1. The van der Waals surface area contributed by atoms with Crippen LogP contribution in [0.2, 0.25) is 0 Å². The van der Waals surface area contributed by atoms with Crippen LogP contribution in [-0.4, -0.2) is 33.7 Å². The van der Waals surface area contributed by atoms with E-state index in [0.29, 0.717) is 12.8 Å². The van der Waals surface area contributed by atoms with Crippen LogP contribution in [0.4, 0.5) is 0 Å². The van der Waals surface area contributed by atoms with Gasteiger partial charge in [0.2, 0.25) is 5.91 Å². The van der Waals surface area contributed by atoms with Crippen molar-refractivity contribution in [3.05, 3.63) is 35.9 Å². The molecule has 1 atom stereocenters. The summed E-state index contributed by atoms with van der Waals surface area (Å²) >= 11 is 0. The number of carboxylic acid groups (broad SMARTS) is 1. The highest BCUT2D eigenvalue weighted by molar-refractivity contribution is 5.84. The molecule has 0 spiro atoms. The molecule has 0 fully saturated rings. The summed E-state index contributed by atoms with van der Waals surface area (Å²) in [5.41, 5.74) is -0.207. The first-order chi connectivity index (χ1) is 10.9. The molecule has 0 radical (unpaired) electrons. The Morgan fingerprint density at radius 3 is 2.17 bits per heavy atom. The van der Waals surface area contributed by atoms with Gasteiger partial charge in [0.15, 0.2) is 0 Å².